The molecule has 0 aliphatic rings. The molecule has 0 spiro atoms. The molecule has 0 radical (unpaired) electrons. The summed E-state index contributed by atoms with van der Waals surface area (Å²) in [5, 5.41) is 0.717. The van der Waals surface area contributed by atoms with Crippen LogP contribution in [-0.4, -0.2) is 0 Å². The van der Waals surface area contributed by atoms with Crippen molar-refractivity contribution in [3.8, 4) is 0 Å². The maximum absolute atomic E-state index is 5.87. The van der Waals surface area contributed by atoms with Crippen LogP contribution in [0.15, 0.2) is 47.1 Å². The molecule has 0 nitrogen and oxygen atoms in total. The molecule has 96 valence electrons. The topological polar surface area (TPSA) is 0 Å². The van der Waals surface area contributed by atoms with E-state index in [2.05, 4.69) is 59.9 Å². The molecule has 0 saturated carbocycles. The van der Waals surface area contributed by atoms with Crippen LogP contribution in [0.3, 0.4) is 0 Å². The number of allylic oxidation sites excluding steroid dienone is 6. The van der Waals surface area contributed by atoms with Crippen LogP contribution in [-0.2, 0) is 0 Å². The Hall–Kier alpha value is -0.750. The third kappa shape index (κ3) is 6.53. The summed E-state index contributed by atoms with van der Waals surface area (Å²) in [6, 6.07) is 0. The Balaban J connectivity index is 4.60. The fraction of sp³-hybridized carbons (Fsp3) is 0.500. The van der Waals surface area contributed by atoms with Crippen molar-refractivity contribution in [3.05, 3.63) is 47.1 Å². The van der Waals surface area contributed by atoms with Gasteiger partial charge >= 0.3 is 0 Å². The van der Waals surface area contributed by atoms with Crippen LogP contribution in [0.4, 0.5) is 0 Å². The molecule has 0 aromatic carbocycles. The first-order valence-corrected chi connectivity index (χ1v) is 6.52. The smallest absolute Gasteiger partial charge is 0.0140 e. The van der Waals surface area contributed by atoms with Gasteiger partial charge in [0.2, 0.25) is 0 Å². The van der Waals surface area contributed by atoms with Crippen molar-refractivity contribution in [3.63, 3.8) is 0 Å². The molecule has 0 saturated heterocycles. The summed E-state index contributed by atoms with van der Waals surface area (Å²) in [4.78, 5) is 0. The highest BCUT2D eigenvalue weighted by Crippen LogP contribution is 2.22. The number of hydrogen-bond acceptors (Lipinski definition) is 0. The molecule has 0 fully saturated rings. The van der Waals surface area contributed by atoms with Crippen LogP contribution in [0.2, 0.25) is 0 Å². The van der Waals surface area contributed by atoms with Gasteiger partial charge in [-0.2, -0.15) is 0 Å². The average Bonchev–Trinajstić information content (AvgIpc) is 2.22. The third-order valence-corrected chi connectivity index (χ3v) is 3.22. The Kier molecular flexibility index (Phi) is 7.22. The normalized spacial score (nSPS) is 15.0. The lowest BCUT2D eigenvalue weighted by molar-refractivity contribution is 0.729. The van der Waals surface area contributed by atoms with Gasteiger partial charge in [-0.3, -0.25) is 0 Å². The molecule has 0 bridgehead atoms. The highest BCUT2D eigenvalue weighted by molar-refractivity contribution is 6.29. The Morgan fingerprint density at radius 3 is 2.06 bits per heavy atom. The summed E-state index contributed by atoms with van der Waals surface area (Å²) in [7, 11) is 0. The molecule has 0 heterocycles. The predicted molar refractivity (Wildman–Crippen MR) is 80.3 cm³/mol. The van der Waals surface area contributed by atoms with Gasteiger partial charge in [0.1, 0.15) is 0 Å². The summed E-state index contributed by atoms with van der Waals surface area (Å²) < 4.78 is 0. The average molecular weight is 253 g/mol. The van der Waals surface area contributed by atoms with Crippen LogP contribution in [0.5, 0.6) is 0 Å². The Labute approximate surface area is 112 Å². The molecule has 17 heavy (non-hydrogen) atoms. The number of halogens is 1. The molecular weight excluding hydrogens is 228 g/mol. The maximum Gasteiger partial charge on any atom is 0.0140 e. The van der Waals surface area contributed by atoms with Crippen molar-refractivity contribution >= 4 is 11.6 Å². The SMILES string of the molecule is C=C(C(C)=CCC(C)C(=C)Cl)C(C)=CC(C)C. The summed E-state index contributed by atoms with van der Waals surface area (Å²) >= 11 is 5.87. The summed E-state index contributed by atoms with van der Waals surface area (Å²) in [5.74, 6) is 0.870. The molecular formula is C16H25Cl. The molecule has 1 heteroatoms. The number of hydrogen-bond donors (Lipinski definition) is 0. The zero-order chi connectivity index (χ0) is 13.6. The van der Waals surface area contributed by atoms with Gasteiger partial charge in [0.05, 0.1) is 0 Å². The summed E-state index contributed by atoms with van der Waals surface area (Å²) in [6.07, 6.45) is 5.35. The van der Waals surface area contributed by atoms with Gasteiger partial charge in [-0.05, 0) is 48.8 Å². The van der Waals surface area contributed by atoms with Crippen molar-refractivity contribution in [1.29, 1.82) is 0 Å². The molecule has 0 rings (SSSR count). The summed E-state index contributed by atoms with van der Waals surface area (Å²) in [5.41, 5.74) is 3.60. The van der Waals surface area contributed by atoms with E-state index in [4.69, 9.17) is 11.6 Å². The van der Waals surface area contributed by atoms with E-state index in [1.807, 2.05) is 0 Å². The van der Waals surface area contributed by atoms with Gasteiger partial charge in [0, 0.05) is 5.03 Å². The molecule has 1 unspecified atom stereocenters. The van der Waals surface area contributed by atoms with Gasteiger partial charge in [0.25, 0.3) is 0 Å². The Morgan fingerprint density at radius 2 is 1.65 bits per heavy atom. The van der Waals surface area contributed by atoms with Crippen molar-refractivity contribution in [2.75, 3.05) is 0 Å². The number of rotatable bonds is 6. The van der Waals surface area contributed by atoms with E-state index >= 15 is 0 Å². The van der Waals surface area contributed by atoms with E-state index < -0.39 is 0 Å². The van der Waals surface area contributed by atoms with E-state index in [0.29, 0.717) is 16.9 Å². The standard InChI is InChI=1S/C16H25Cl/c1-11(2)10-14(5)15(6)12(3)8-9-13(4)16(7)17/h8,10-11,13H,6-7,9H2,1-5H3. The Morgan fingerprint density at radius 1 is 1.12 bits per heavy atom. The van der Waals surface area contributed by atoms with Crippen LogP contribution >= 0.6 is 11.6 Å². The van der Waals surface area contributed by atoms with Gasteiger partial charge in [-0.25, -0.2) is 0 Å². The molecule has 0 aromatic rings. The Bertz CT molecular complexity index is 343. The largest absolute Gasteiger partial charge is 0.0913 e. The fourth-order valence-corrected chi connectivity index (χ4v) is 1.61. The van der Waals surface area contributed by atoms with E-state index in [9.17, 15) is 0 Å². The fourth-order valence-electron chi connectivity index (χ4n) is 1.52. The first-order valence-electron chi connectivity index (χ1n) is 6.14. The van der Waals surface area contributed by atoms with E-state index in [1.54, 1.807) is 0 Å². The second-order valence-electron chi connectivity index (χ2n) is 5.04. The van der Waals surface area contributed by atoms with Crippen LogP contribution in [0, 0.1) is 11.8 Å². The van der Waals surface area contributed by atoms with Crippen LogP contribution < -0.4 is 0 Å². The highest BCUT2D eigenvalue weighted by atomic mass is 35.5. The first-order chi connectivity index (χ1) is 7.75. The minimum atomic E-state index is 0.314. The maximum atomic E-state index is 5.87. The molecule has 0 aliphatic carbocycles. The van der Waals surface area contributed by atoms with Gasteiger partial charge in [-0.15, -0.1) is 0 Å². The minimum absolute atomic E-state index is 0.314. The van der Waals surface area contributed by atoms with Crippen molar-refractivity contribution in [2.24, 2.45) is 11.8 Å². The molecule has 0 amide bonds. The van der Waals surface area contributed by atoms with Crippen LogP contribution in [0.25, 0.3) is 0 Å². The molecule has 0 N–H and O–H groups in total. The lowest BCUT2D eigenvalue weighted by atomic mass is 9.96. The predicted octanol–water partition coefficient (Wildman–Crippen LogP) is 5.87. The van der Waals surface area contributed by atoms with Crippen molar-refractivity contribution in [1.82, 2.24) is 0 Å². The van der Waals surface area contributed by atoms with E-state index in [-0.39, 0.29) is 0 Å². The van der Waals surface area contributed by atoms with E-state index in [1.165, 1.54) is 11.1 Å². The lowest BCUT2D eigenvalue weighted by Crippen LogP contribution is -1.94. The van der Waals surface area contributed by atoms with Crippen molar-refractivity contribution in [2.45, 2.75) is 41.0 Å². The quantitative estimate of drug-likeness (QED) is 0.519. The highest BCUT2D eigenvalue weighted by Gasteiger charge is 2.04. The monoisotopic (exact) mass is 252 g/mol. The molecule has 1 atom stereocenters. The van der Waals surface area contributed by atoms with Crippen LogP contribution in [0.1, 0.15) is 41.0 Å². The molecule has 0 aromatic heterocycles. The second kappa shape index (κ2) is 7.55. The van der Waals surface area contributed by atoms with Gasteiger partial charge < -0.3 is 0 Å². The second-order valence-corrected chi connectivity index (χ2v) is 5.53. The van der Waals surface area contributed by atoms with Gasteiger partial charge in [0.15, 0.2) is 0 Å². The zero-order valence-corrected chi connectivity index (χ0v) is 12.6. The minimum Gasteiger partial charge on any atom is -0.0913 e. The molecule has 0 aliphatic heterocycles. The van der Waals surface area contributed by atoms with E-state index in [0.717, 1.165) is 12.0 Å². The zero-order valence-electron chi connectivity index (χ0n) is 11.8. The summed E-state index contributed by atoms with van der Waals surface area (Å²) in [6.45, 7) is 18.5. The first kappa shape index (κ1) is 16.2. The lowest BCUT2D eigenvalue weighted by Gasteiger charge is -2.10. The van der Waals surface area contributed by atoms with Gasteiger partial charge in [-0.1, -0.05) is 57.7 Å². The third-order valence-electron chi connectivity index (χ3n) is 2.85. The van der Waals surface area contributed by atoms with Crippen molar-refractivity contribution < 1.29 is 0 Å².